The molecule has 2 aromatic rings. The maximum Gasteiger partial charge on any atom is 0.146 e. The molecular formula is C15H14Cl2FNO. The molecule has 0 aromatic heterocycles. The normalized spacial score (nSPS) is 12.3. The van der Waals surface area contributed by atoms with E-state index in [0.29, 0.717) is 32.7 Å². The third-order valence-corrected chi connectivity index (χ3v) is 3.43. The van der Waals surface area contributed by atoms with Gasteiger partial charge in [-0.05, 0) is 49.7 Å². The van der Waals surface area contributed by atoms with Crippen LogP contribution in [0.25, 0.3) is 0 Å². The molecule has 2 nitrogen and oxygen atoms in total. The minimum Gasteiger partial charge on any atom is -0.455 e. The number of ether oxygens (including phenoxy) is 1. The molecule has 5 heteroatoms. The molecule has 0 unspecified atom stereocenters. The molecule has 0 radical (unpaired) electrons. The van der Waals surface area contributed by atoms with Crippen LogP contribution >= 0.6 is 23.2 Å². The van der Waals surface area contributed by atoms with Crippen LogP contribution in [0.4, 0.5) is 4.39 Å². The van der Waals surface area contributed by atoms with Crippen molar-refractivity contribution in [2.24, 2.45) is 5.73 Å². The highest BCUT2D eigenvalue weighted by molar-refractivity contribution is 6.35. The molecule has 0 aliphatic carbocycles. The van der Waals surface area contributed by atoms with Crippen molar-refractivity contribution in [1.82, 2.24) is 0 Å². The van der Waals surface area contributed by atoms with Crippen LogP contribution in [0.1, 0.15) is 24.1 Å². The topological polar surface area (TPSA) is 35.2 Å². The highest BCUT2D eigenvalue weighted by Gasteiger charge is 2.14. The number of nitrogens with two attached hydrogens (primary N) is 1. The number of hydrogen-bond donors (Lipinski definition) is 1. The Balaban J connectivity index is 2.44. The molecular weight excluding hydrogens is 300 g/mol. The van der Waals surface area contributed by atoms with Crippen LogP contribution in [0.15, 0.2) is 30.3 Å². The quantitative estimate of drug-likeness (QED) is 0.839. The summed E-state index contributed by atoms with van der Waals surface area (Å²) in [6.45, 7) is 3.43. The molecule has 0 saturated carbocycles. The first kappa shape index (κ1) is 15.1. The second-order valence-electron chi connectivity index (χ2n) is 4.60. The first-order valence-corrected chi connectivity index (χ1v) is 6.82. The van der Waals surface area contributed by atoms with Crippen molar-refractivity contribution in [2.75, 3.05) is 0 Å². The Bertz CT molecular complexity index is 644. The monoisotopic (exact) mass is 313 g/mol. The van der Waals surface area contributed by atoms with E-state index in [4.69, 9.17) is 33.7 Å². The number of hydrogen-bond acceptors (Lipinski definition) is 2. The largest absolute Gasteiger partial charge is 0.455 e. The van der Waals surface area contributed by atoms with Gasteiger partial charge in [0, 0.05) is 16.6 Å². The van der Waals surface area contributed by atoms with Gasteiger partial charge in [-0.15, -0.1) is 0 Å². The van der Waals surface area contributed by atoms with Crippen molar-refractivity contribution in [3.8, 4) is 11.5 Å². The van der Waals surface area contributed by atoms with Crippen LogP contribution in [0.2, 0.25) is 10.0 Å². The van der Waals surface area contributed by atoms with Gasteiger partial charge in [0.2, 0.25) is 0 Å². The molecule has 0 saturated heterocycles. The van der Waals surface area contributed by atoms with E-state index >= 15 is 0 Å². The minimum atomic E-state index is -0.355. The molecule has 0 aliphatic heterocycles. The predicted molar refractivity (Wildman–Crippen MR) is 80.3 cm³/mol. The Morgan fingerprint density at radius 1 is 1.15 bits per heavy atom. The van der Waals surface area contributed by atoms with Crippen molar-refractivity contribution < 1.29 is 9.13 Å². The summed E-state index contributed by atoms with van der Waals surface area (Å²) in [7, 11) is 0. The minimum absolute atomic E-state index is 0.313. The van der Waals surface area contributed by atoms with Gasteiger partial charge in [0.05, 0.1) is 5.02 Å². The van der Waals surface area contributed by atoms with E-state index in [0.717, 1.165) is 0 Å². The molecule has 20 heavy (non-hydrogen) atoms. The third-order valence-electron chi connectivity index (χ3n) is 2.90. The molecule has 2 aromatic carbocycles. The van der Waals surface area contributed by atoms with E-state index in [1.54, 1.807) is 38.1 Å². The van der Waals surface area contributed by atoms with Crippen molar-refractivity contribution in [2.45, 2.75) is 19.9 Å². The lowest BCUT2D eigenvalue weighted by Gasteiger charge is -2.16. The van der Waals surface area contributed by atoms with Gasteiger partial charge in [-0.2, -0.15) is 0 Å². The maximum absolute atomic E-state index is 13.6. The Hall–Kier alpha value is -1.29. The summed E-state index contributed by atoms with van der Waals surface area (Å²) in [6.07, 6.45) is 0. The Morgan fingerprint density at radius 3 is 2.45 bits per heavy atom. The number of halogens is 3. The summed E-state index contributed by atoms with van der Waals surface area (Å²) < 4.78 is 19.4. The summed E-state index contributed by atoms with van der Waals surface area (Å²) in [5.74, 6) is 0.624. The summed E-state index contributed by atoms with van der Waals surface area (Å²) in [5, 5.41) is 0.903. The second-order valence-corrected chi connectivity index (χ2v) is 5.45. The number of aryl methyl sites for hydroxylation is 1. The average molecular weight is 314 g/mol. The van der Waals surface area contributed by atoms with Gasteiger partial charge in [-0.25, -0.2) is 4.39 Å². The van der Waals surface area contributed by atoms with E-state index in [1.165, 1.54) is 6.07 Å². The van der Waals surface area contributed by atoms with Gasteiger partial charge in [-0.3, -0.25) is 0 Å². The SMILES string of the molecule is Cc1cc(Oc2ccc(Cl)cc2Cl)c([C@@H](C)N)cc1F. The fourth-order valence-corrected chi connectivity index (χ4v) is 2.24. The molecule has 0 fully saturated rings. The van der Waals surface area contributed by atoms with Gasteiger partial charge < -0.3 is 10.5 Å². The van der Waals surface area contributed by atoms with Gasteiger partial charge in [0.15, 0.2) is 0 Å². The first-order chi connectivity index (χ1) is 9.38. The molecule has 0 amide bonds. The summed E-state index contributed by atoms with van der Waals surface area (Å²) in [6, 6.07) is 7.56. The number of benzene rings is 2. The molecule has 0 spiro atoms. The zero-order valence-corrected chi connectivity index (χ0v) is 12.6. The molecule has 106 valence electrons. The maximum atomic E-state index is 13.6. The summed E-state index contributed by atoms with van der Waals surface area (Å²) in [4.78, 5) is 0. The lowest BCUT2D eigenvalue weighted by Crippen LogP contribution is -2.08. The lowest BCUT2D eigenvalue weighted by molar-refractivity contribution is 0.468. The first-order valence-electron chi connectivity index (χ1n) is 6.07. The van der Waals surface area contributed by atoms with Crippen LogP contribution in [-0.2, 0) is 0 Å². The molecule has 0 heterocycles. The van der Waals surface area contributed by atoms with E-state index < -0.39 is 0 Å². The zero-order valence-electron chi connectivity index (χ0n) is 11.1. The van der Waals surface area contributed by atoms with Crippen molar-refractivity contribution in [3.63, 3.8) is 0 Å². The fourth-order valence-electron chi connectivity index (χ4n) is 1.79. The van der Waals surface area contributed by atoms with Crippen LogP contribution in [0, 0.1) is 12.7 Å². The van der Waals surface area contributed by atoms with E-state index in [9.17, 15) is 4.39 Å². The standard InChI is InChI=1S/C15H14Cl2FNO/c1-8-5-15(11(9(2)19)7-13(8)18)20-14-4-3-10(16)6-12(14)17/h3-7,9H,19H2,1-2H3/t9-/m1/s1. The molecule has 0 bridgehead atoms. The van der Waals surface area contributed by atoms with E-state index in [-0.39, 0.29) is 11.9 Å². The van der Waals surface area contributed by atoms with Crippen molar-refractivity contribution >= 4 is 23.2 Å². The zero-order chi connectivity index (χ0) is 14.9. The fraction of sp³-hybridized carbons (Fsp3) is 0.200. The van der Waals surface area contributed by atoms with Gasteiger partial charge in [0.25, 0.3) is 0 Å². The predicted octanol–water partition coefficient (Wildman–Crippen LogP) is 5.25. The Morgan fingerprint density at radius 2 is 1.85 bits per heavy atom. The third kappa shape index (κ3) is 3.23. The lowest BCUT2D eigenvalue weighted by atomic mass is 10.1. The molecule has 0 aliphatic rings. The van der Waals surface area contributed by atoms with Crippen LogP contribution in [0.5, 0.6) is 11.5 Å². The highest BCUT2D eigenvalue weighted by atomic mass is 35.5. The summed E-state index contributed by atoms with van der Waals surface area (Å²) >= 11 is 11.9. The van der Waals surface area contributed by atoms with E-state index in [1.807, 2.05) is 0 Å². The summed E-state index contributed by atoms with van der Waals surface area (Å²) in [5.41, 5.74) is 6.91. The highest BCUT2D eigenvalue weighted by Crippen LogP contribution is 2.35. The molecule has 1 atom stereocenters. The molecule has 2 rings (SSSR count). The number of rotatable bonds is 3. The van der Waals surface area contributed by atoms with Gasteiger partial charge in [0.1, 0.15) is 17.3 Å². The second kappa shape index (κ2) is 6.00. The Labute approximate surface area is 127 Å². The van der Waals surface area contributed by atoms with Crippen molar-refractivity contribution in [3.05, 3.63) is 57.3 Å². The van der Waals surface area contributed by atoms with Gasteiger partial charge in [-0.1, -0.05) is 23.2 Å². The van der Waals surface area contributed by atoms with Crippen LogP contribution < -0.4 is 10.5 Å². The van der Waals surface area contributed by atoms with E-state index in [2.05, 4.69) is 0 Å². The van der Waals surface area contributed by atoms with Crippen molar-refractivity contribution in [1.29, 1.82) is 0 Å². The average Bonchev–Trinajstić information content (AvgIpc) is 2.36. The van der Waals surface area contributed by atoms with Gasteiger partial charge >= 0.3 is 0 Å². The van der Waals surface area contributed by atoms with Crippen LogP contribution in [0.3, 0.4) is 0 Å². The Kier molecular flexibility index (Phi) is 4.53. The molecule has 2 N–H and O–H groups in total. The smallest absolute Gasteiger partial charge is 0.146 e. The van der Waals surface area contributed by atoms with Crippen LogP contribution in [-0.4, -0.2) is 0 Å².